The lowest BCUT2D eigenvalue weighted by molar-refractivity contribution is 0.818. The highest BCUT2D eigenvalue weighted by molar-refractivity contribution is 6.30. The molecule has 3 heteroatoms. The van der Waals surface area contributed by atoms with Gasteiger partial charge in [-0.05, 0) is 13.1 Å². The molecule has 1 rings (SSSR count). The highest BCUT2D eigenvalue weighted by atomic mass is 35.5. The van der Waals surface area contributed by atoms with Crippen LogP contribution in [0.25, 0.3) is 0 Å². The number of nitrogens with one attached hydrogen (secondary N) is 1. The number of aromatic nitrogens is 1. The summed E-state index contributed by atoms with van der Waals surface area (Å²) in [4.78, 5) is 3.93. The average Bonchev–Trinajstić information content (AvgIpc) is 2.13. The van der Waals surface area contributed by atoms with E-state index in [1.165, 1.54) is 0 Å². The molecule has 0 atom stereocenters. The Morgan fingerprint density at radius 1 is 1.54 bits per heavy atom. The predicted octanol–water partition coefficient (Wildman–Crippen LogP) is 1.70. The zero-order valence-corrected chi connectivity index (χ0v) is 8.23. The summed E-state index contributed by atoms with van der Waals surface area (Å²) < 4.78 is 0. The van der Waals surface area contributed by atoms with Crippen molar-refractivity contribution < 1.29 is 0 Å². The molecule has 0 amide bonds. The lowest BCUT2D eigenvalue weighted by Crippen LogP contribution is -2.05. The minimum atomic E-state index is 0.625. The first-order valence-corrected chi connectivity index (χ1v) is 4.45. The van der Waals surface area contributed by atoms with Crippen molar-refractivity contribution in [2.75, 3.05) is 13.6 Å². The van der Waals surface area contributed by atoms with E-state index in [2.05, 4.69) is 22.1 Å². The van der Waals surface area contributed by atoms with Crippen molar-refractivity contribution >= 4 is 11.6 Å². The van der Waals surface area contributed by atoms with E-state index in [0.29, 0.717) is 5.02 Å². The Bertz CT molecular complexity index is 325. The van der Waals surface area contributed by atoms with Crippen molar-refractivity contribution in [1.29, 1.82) is 0 Å². The van der Waals surface area contributed by atoms with Gasteiger partial charge in [0, 0.05) is 30.9 Å². The van der Waals surface area contributed by atoms with Gasteiger partial charge in [0.25, 0.3) is 0 Å². The van der Waals surface area contributed by atoms with E-state index < -0.39 is 0 Å². The monoisotopic (exact) mass is 194 g/mol. The fraction of sp³-hybridized carbons (Fsp3) is 0.300. The summed E-state index contributed by atoms with van der Waals surface area (Å²) in [5.41, 5.74) is 0.864. The Labute approximate surface area is 83.3 Å². The largest absolute Gasteiger partial charge is 0.319 e. The van der Waals surface area contributed by atoms with Crippen LogP contribution in [0.2, 0.25) is 5.02 Å². The third kappa shape index (κ3) is 3.93. The van der Waals surface area contributed by atoms with Gasteiger partial charge in [0.2, 0.25) is 0 Å². The molecule has 0 aliphatic heterocycles. The minimum absolute atomic E-state index is 0.625. The van der Waals surface area contributed by atoms with Crippen LogP contribution in [0.3, 0.4) is 0 Å². The van der Waals surface area contributed by atoms with Crippen LogP contribution in [0.15, 0.2) is 18.5 Å². The van der Waals surface area contributed by atoms with Gasteiger partial charge in [-0.2, -0.15) is 0 Å². The quantitative estimate of drug-likeness (QED) is 0.573. The van der Waals surface area contributed by atoms with Crippen LogP contribution in [0.5, 0.6) is 0 Å². The maximum absolute atomic E-state index is 5.74. The summed E-state index contributed by atoms with van der Waals surface area (Å²) in [6, 6.07) is 1.81. The summed E-state index contributed by atoms with van der Waals surface area (Å²) in [5.74, 6) is 6.00. The molecule has 1 aromatic rings. The summed E-state index contributed by atoms with van der Waals surface area (Å²) in [5, 5.41) is 3.65. The second kappa shape index (κ2) is 5.58. The zero-order valence-electron chi connectivity index (χ0n) is 7.47. The summed E-state index contributed by atoms with van der Waals surface area (Å²) >= 11 is 5.74. The van der Waals surface area contributed by atoms with Crippen LogP contribution in [0.4, 0.5) is 0 Å². The molecule has 0 unspecified atom stereocenters. The summed E-state index contributed by atoms with van der Waals surface area (Å²) in [7, 11) is 1.91. The van der Waals surface area contributed by atoms with E-state index in [-0.39, 0.29) is 0 Å². The zero-order chi connectivity index (χ0) is 9.52. The minimum Gasteiger partial charge on any atom is -0.319 e. The first kappa shape index (κ1) is 10.0. The number of rotatable bonds is 2. The molecule has 0 fully saturated rings. The topological polar surface area (TPSA) is 24.9 Å². The molecule has 0 aliphatic rings. The lowest BCUT2D eigenvalue weighted by Gasteiger charge is -1.90. The van der Waals surface area contributed by atoms with Crippen LogP contribution in [0, 0.1) is 11.8 Å². The first-order chi connectivity index (χ1) is 6.33. The molecule has 0 bridgehead atoms. The fourth-order valence-corrected chi connectivity index (χ4v) is 1.01. The average molecular weight is 195 g/mol. The maximum Gasteiger partial charge on any atom is 0.0601 e. The third-order valence-corrected chi connectivity index (χ3v) is 1.64. The second-order valence-electron chi connectivity index (χ2n) is 2.55. The lowest BCUT2D eigenvalue weighted by atomic mass is 10.3. The number of halogens is 1. The van der Waals surface area contributed by atoms with E-state index in [1.54, 1.807) is 18.5 Å². The SMILES string of the molecule is CNCCC#Cc1cncc(Cl)c1. The van der Waals surface area contributed by atoms with E-state index in [1.807, 2.05) is 7.05 Å². The van der Waals surface area contributed by atoms with Crippen LogP contribution < -0.4 is 5.32 Å². The van der Waals surface area contributed by atoms with Crippen molar-refractivity contribution in [2.45, 2.75) is 6.42 Å². The molecule has 0 saturated carbocycles. The molecular weight excluding hydrogens is 184 g/mol. The number of nitrogens with zero attached hydrogens (tertiary/aromatic N) is 1. The van der Waals surface area contributed by atoms with Gasteiger partial charge in [-0.25, -0.2) is 0 Å². The van der Waals surface area contributed by atoms with Crippen LogP contribution in [-0.2, 0) is 0 Å². The molecule has 2 nitrogen and oxygen atoms in total. The molecule has 0 spiro atoms. The smallest absolute Gasteiger partial charge is 0.0601 e. The predicted molar refractivity (Wildman–Crippen MR) is 54.7 cm³/mol. The van der Waals surface area contributed by atoms with Crippen molar-refractivity contribution in [3.63, 3.8) is 0 Å². The Morgan fingerprint density at radius 3 is 3.08 bits per heavy atom. The standard InChI is InChI=1S/C10H11ClN2/c1-12-5-3-2-4-9-6-10(11)8-13-7-9/h6-8,12H,3,5H2,1H3. The van der Waals surface area contributed by atoms with Crippen LogP contribution >= 0.6 is 11.6 Å². The van der Waals surface area contributed by atoms with Gasteiger partial charge >= 0.3 is 0 Å². The molecule has 0 aromatic carbocycles. The van der Waals surface area contributed by atoms with Crippen molar-refractivity contribution in [1.82, 2.24) is 10.3 Å². The highest BCUT2D eigenvalue weighted by Gasteiger charge is 1.88. The Balaban J connectivity index is 2.56. The van der Waals surface area contributed by atoms with Crippen LogP contribution in [-0.4, -0.2) is 18.6 Å². The molecule has 13 heavy (non-hydrogen) atoms. The first-order valence-electron chi connectivity index (χ1n) is 4.07. The normalized spacial score (nSPS) is 9.08. The van der Waals surface area contributed by atoms with Crippen LogP contribution in [0.1, 0.15) is 12.0 Å². The molecule has 0 radical (unpaired) electrons. The van der Waals surface area contributed by atoms with Crippen molar-refractivity contribution in [3.8, 4) is 11.8 Å². The Hall–Kier alpha value is -1.04. The van der Waals surface area contributed by atoms with E-state index >= 15 is 0 Å². The van der Waals surface area contributed by atoms with Gasteiger partial charge in [0.1, 0.15) is 0 Å². The fourth-order valence-electron chi connectivity index (χ4n) is 0.832. The van der Waals surface area contributed by atoms with Gasteiger partial charge in [0.05, 0.1) is 5.02 Å². The Kier molecular flexibility index (Phi) is 4.31. The third-order valence-electron chi connectivity index (χ3n) is 1.44. The van der Waals surface area contributed by atoms with Gasteiger partial charge < -0.3 is 5.32 Å². The van der Waals surface area contributed by atoms with Gasteiger partial charge in [-0.15, -0.1) is 0 Å². The number of hydrogen-bond acceptors (Lipinski definition) is 2. The van der Waals surface area contributed by atoms with E-state index in [9.17, 15) is 0 Å². The number of hydrogen-bond donors (Lipinski definition) is 1. The molecule has 0 saturated heterocycles. The van der Waals surface area contributed by atoms with E-state index in [0.717, 1.165) is 18.5 Å². The molecule has 68 valence electrons. The van der Waals surface area contributed by atoms with Gasteiger partial charge in [-0.3, -0.25) is 4.98 Å². The molecular formula is C10H11ClN2. The maximum atomic E-state index is 5.74. The molecule has 1 heterocycles. The Morgan fingerprint density at radius 2 is 2.38 bits per heavy atom. The highest BCUT2D eigenvalue weighted by Crippen LogP contribution is 2.06. The summed E-state index contributed by atoms with van der Waals surface area (Å²) in [6.07, 6.45) is 4.14. The molecule has 1 N–H and O–H groups in total. The number of pyridine rings is 1. The van der Waals surface area contributed by atoms with Gasteiger partial charge in [0.15, 0.2) is 0 Å². The molecule has 1 aromatic heterocycles. The van der Waals surface area contributed by atoms with E-state index in [4.69, 9.17) is 11.6 Å². The second-order valence-corrected chi connectivity index (χ2v) is 2.98. The van der Waals surface area contributed by atoms with Crippen molar-refractivity contribution in [3.05, 3.63) is 29.0 Å². The molecule has 0 aliphatic carbocycles. The van der Waals surface area contributed by atoms with Crippen molar-refractivity contribution in [2.24, 2.45) is 0 Å². The summed E-state index contributed by atoms with van der Waals surface area (Å²) in [6.45, 7) is 0.904. The van der Waals surface area contributed by atoms with Gasteiger partial charge in [-0.1, -0.05) is 23.4 Å².